The van der Waals surface area contributed by atoms with Crippen molar-refractivity contribution in [2.75, 3.05) is 30.9 Å². The monoisotopic (exact) mass is 1210 g/mol. The number of aromatic nitrogens is 4. The van der Waals surface area contributed by atoms with Gasteiger partial charge in [0.25, 0.3) is 11.8 Å². The van der Waals surface area contributed by atoms with Crippen molar-refractivity contribution in [3.8, 4) is 0 Å². The summed E-state index contributed by atoms with van der Waals surface area (Å²) in [6.07, 6.45) is -0.615. The summed E-state index contributed by atoms with van der Waals surface area (Å²) in [7, 11) is -0.765. The Hall–Kier alpha value is -8.61. The molecule has 2 aliphatic rings. The molecule has 2 aromatic heterocycles. The highest BCUT2D eigenvalue weighted by molar-refractivity contribution is 7.90. The number of β-lactam (4-membered cyclic amide) rings is 1. The van der Waals surface area contributed by atoms with Crippen LogP contribution >= 0.6 is 24.0 Å². The molecule has 0 bridgehead atoms. The third-order valence-corrected chi connectivity index (χ3v) is 16.2. The van der Waals surface area contributed by atoms with Gasteiger partial charge in [0.15, 0.2) is 29.1 Å². The lowest BCUT2D eigenvalue weighted by Crippen LogP contribution is -2.74. The Bertz CT molecular complexity index is 3650. The number of benzene rings is 5. The average Bonchev–Trinajstić information content (AvgIpc) is 2.90. The van der Waals surface area contributed by atoms with Gasteiger partial charge in [0.05, 0.1) is 23.1 Å². The van der Waals surface area contributed by atoms with Crippen LogP contribution in [0.3, 0.4) is 0 Å². The molecular weight excluding hydrogens is 1140 g/mol. The number of carbonyl (C=O) groups excluding carboxylic acids is 4. The van der Waals surface area contributed by atoms with E-state index in [1.54, 1.807) is 101 Å². The maximum atomic E-state index is 15.1. The molecule has 4 heterocycles. The average molecular weight is 1210 g/mol. The number of fused-ring (bicyclic) bond motifs is 1. The molecule has 1 saturated heterocycles. The van der Waals surface area contributed by atoms with Crippen LogP contribution < -0.4 is 21.8 Å². The number of carbonyl (C=O) groups is 4. The van der Waals surface area contributed by atoms with Crippen LogP contribution in [0, 0.1) is 0 Å². The zero-order valence-corrected chi connectivity index (χ0v) is 49.8. The molecule has 0 saturated carbocycles. The first kappa shape index (κ1) is 61.0. The number of rotatable bonds is 23. The number of ether oxygens (including phenoxy) is 4. The molecule has 23 heteroatoms. The van der Waals surface area contributed by atoms with E-state index in [1.165, 1.54) is 13.1 Å². The van der Waals surface area contributed by atoms with Crippen LogP contribution in [0.25, 0.3) is 4.91 Å². The number of esters is 2. The molecule has 2 N–H and O–H groups in total. The number of thiazole rings is 1. The van der Waals surface area contributed by atoms with Gasteiger partial charge in [-0.15, -0.1) is 24.0 Å². The summed E-state index contributed by atoms with van der Waals surface area (Å²) in [6, 6.07) is 45.6. The largest absolute Gasteiger partial charge is 0.457 e. The lowest BCUT2D eigenvalue weighted by Gasteiger charge is -2.49. The molecule has 2 aliphatic heterocycles. The fourth-order valence-electron chi connectivity index (χ4n) is 9.79. The summed E-state index contributed by atoms with van der Waals surface area (Å²) in [6.45, 7) is 8.03. The number of allylic oxidation sites excluding steroid dienone is 1. The molecule has 7 aromatic rings. The minimum absolute atomic E-state index is 0.00558. The first-order valence-corrected chi connectivity index (χ1v) is 29.8. The van der Waals surface area contributed by atoms with E-state index in [1.807, 2.05) is 91.0 Å². The van der Waals surface area contributed by atoms with Crippen molar-refractivity contribution < 1.29 is 47.2 Å². The smallest absolute Gasteiger partial charge is 0.356 e. The van der Waals surface area contributed by atoms with Gasteiger partial charge < -0.3 is 34.4 Å². The first-order chi connectivity index (χ1) is 40.9. The summed E-state index contributed by atoms with van der Waals surface area (Å²) in [5.74, 6) is -4.19. The van der Waals surface area contributed by atoms with Gasteiger partial charge in [-0.1, -0.05) is 157 Å². The lowest BCUT2D eigenvalue weighted by molar-refractivity contribution is -0.160. The zero-order valence-electron chi connectivity index (χ0n) is 47.3. The standard InChI is InChI=1S/C62H62N8O12S3/c1-7-78-48(79-8-2)35-69-57(75)56(74)68(6)53(66-69)46(83)34-41-38-85(77)58-50(55(73)70(58)51(41)59(76)81-52(39-24-14-9-15-25-39)40-26-16-10-17-27-40)64-54(72)49(67-80-36-47(71)82-61(3,4)5)45-37-84-60(63-45)65-62(42-28-18-11-19-29-42,43-30-20-12-21-31-43)44-32-22-13-23-33-44/h9-34,37,48,50,52,58,83H,7-8,35-36,38H2,1-6H3,(H,63,65)(H,64,72). The Labute approximate surface area is 502 Å². The fourth-order valence-corrected chi connectivity index (χ4v) is 12.5. The third kappa shape index (κ3) is 13.7. The van der Waals surface area contributed by atoms with Crippen LogP contribution in [-0.2, 0) is 72.9 Å². The number of oxime groups is 1. The van der Waals surface area contributed by atoms with E-state index < -0.39 is 98.7 Å². The van der Waals surface area contributed by atoms with Gasteiger partial charge in [-0.3, -0.25) is 32.9 Å². The predicted octanol–water partition coefficient (Wildman–Crippen LogP) is 7.24. The van der Waals surface area contributed by atoms with Crippen molar-refractivity contribution in [2.45, 2.75) is 76.1 Å². The summed E-state index contributed by atoms with van der Waals surface area (Å²) in [5, 5.41) is 15.5. The van der Waals surface area contributed by atoms with Crippen LogP contribution in [0.4, 0.5) is 5.13 Å². The lowest BCUT2D eigenvalue weighted by atomic mass is 9.77. The van der Waals surface area contributed by atoms with Crippen LogP contribution in [0.2, 0.25) is 0 Å². The molecule has 0 radical (unpaired) electrons. The maximum Gasteiger partial charge on any atom is 0.356 e. The topological polar surface area (TPSA) is 241 Å². The van der Waals surface area contributed by atoms with Crippen LogP contribution in [0.15, 0.2) is 189 Å². The summed E-state index contributed by atoms with van der Waals surface area (Å²) in [5.41, 5.74) is -0.836. The quantitative estimate of drug-likeness (QED) is 0.00836. The number of amides is 2. The van der Waals surface area contributed by atoms with E-state index in [2.05, 4.69) is 20.9 Å². The number of hydrogen-bond acceptors (Lipinski definition) is 18. The minimum atomic E-state index is -2.08. The van der Waals surface area contributed by atoms with Crippen LogP contribution in [0.5, 0.6) is 0 Å². The Morgan fingerprint density at radius 1 is 0.800 bits per heavy atom. The van der Waals surface area contributed by atoms with E-state index in [0.29, 0.717) is 16.3 Å². The van der Waals surface area contributed by atoms with E-state index in [-0.39, 0.29) is 47.5 Å². The van der Waals surface area contributed by atoms with Gasteiger partial charge in [0.1, 0.15) is 33.9 Å². The summed E-state index contributed by atoms with van der Waals surface area (Å²) < 4.78 is 39.7. The zero-order chi connectivity index (χ0) is 60.4. The highest BCUT2D eigenvalue weighted by Crippen LogP contribution is 2.42. The van der Waals surface area contributed by atoms with E-state index in [4.69, 9.17) is 41.4 Å². The van der Waals surface area contributed by atoms with Crippen LogP contribution in [-0.4, -0.2) is 107 Å². The number of thiol groups is 1. The Morgan fingerprint density at radius 2 is 1.33 bits per heavy atom. The van der Waals surface area contributed by atoms with Gasteiger partial charge in [0, 0.05) is 30.5 Å². The van der Waals surface area contributed by atoms with Gasteiger partial charge in [-0.2, -0.15) is 5.10 Å². The van der Waals surface area contributed by atoms with Crippen LogP contribution in [0.1, 0.15) is 80.1 Å². The number of hydrogen-bond donors (Lipinski definition) is 3. The molecule has 5 aromatic carbocycles. The summed E-state index contributed by atoms with van der Waals surface area (Å²) >= 11 is 5.88. The molecule has 9 rings (SSSR count). The second-order valence-corrected chi connectivity index (χ2v) is 23.3. The van der Waals surface area contributed by atoms with Crippen molar-refractivity contribution >= 4 is 74.3 Å². The molecule has 3 unspecified atom stereocenters. The minimum Gasteiger partial charge on any atom is -0.457 e. The Kier molecular flexibility index (Phi) is 19.3. The molecule has 2 amide bonds. The van der Waals surface area contributed by atoms with Gasteiger partial charge in [-0.05, 0) is 74.1 Å². The van der Waals surface area contributed by atoms with Gasteiger partial charge in [-0.25, -0.2) is 19.3 Å². The Morgan fingerprint density at radius 3 is 1.85 bits per heavy atom. The normalized spacial score (nSPS) is 16.4. The highest BCUT2D eigenvalue weighted by atomic mass is 32.2. The molecule has 440 valence electrons. The molecule has 20 nitrogen and oxygen atoms in total. The SMILES string of the molecule is CCOC(Cn1nc(C(S)=CC2=C(C(=O)OC(c3ccccc3)c3ccccc3)N3C(=O)C(NC(=O)C(=NOCC(=O)OC(C)(C)C)c4csc(NC(c5ccccc5)(c5ccccc5)c5ccccc5)n4)C3S(=O)C2)n(C)c(=O)c1=O)OCC. The first-order valence-electron chi connectivity index (χ1n) is 27.1. The van der Waals surface area contributed by atoms with Crippen molar-refractivity contribution in [3.05, 3.63) is 234 Å². The molecule has 0 aliphatic carbocycles. The number of anilines is 1. The van der Waals surface area contributed by atoms with Gasteiger partial charge in [0.2, 0.25) is 6.61 Å². The Balaban J connectivity index is 1.09. The third-order valence-electron chi connectivity index (χ3n) is 13.5. The number of nitrogens with zero attached hydrogens (tertiary/aromatic N) is 6. The molecule has 85 heavy (non-hydrogen) atoms. The summed E-state index contributed by atoms with van der Waals surface area (Å²) in [4.78, 5) is 95.8. The highest BCUT2D eigenvalue weighted by Gasteiger charge is 2.58. The second kappa shape index (κ2) is 27.0. The van der Waals surface area contributed by atoms with E-state index >= 15 is 4.79 Å². The fraction of sp³-hybridized carbons (Fsp3) is 0.274. The van der Waals surface area contributed by atoms with Crippen molar-refractivity contribution in [3.63, 3.8) is 0 Å². The van der Waals surface area contributed by atoms with Crippen molar-refractivity contribution in [2.24, 2.45) is 12.2 Å². The molecule has 0 spiro atoms. The second-order valence-electron chi connectivity index (χ2n) is 20.4. The maximum absolute atomic E-state index is 15.1. The van der Waals surface area contributed by atoms with Gasteiger partial charge >= 0.3 is 23.1 Å². The number of nitrogens with one attached hydrogen (secondary N) is 2. The molecule has 1 fully saturated rings. The van der Waals surface area contributed by atoms with Crippen molar-refractivity contribution in [1.29, 1.82) is 0 Å². The predicted molar refractivity (Wildman–Crippen MR) is 324 cm³/mol. The molecular formula is C62H62N8O12S3. The van der Waals surface area contributed by atoms with Crippen molar-refractivity contribution in [1.82, 2.24) is 29.5 Å². The van der Waals surface area contributed by atoms with E-state index in [9.17, 15) is 28.2 Å². The van der Waals surface area contributed by atoms with E-state index in [0.717, 1.165) is 42.2 Å². The molecule has 3 atom stereocenters.